The first kappa shape index (κ1) is 24.0. The summed E-state index contributed by atoms with van der Waals surface area (Å²) in [4.78, 5) is 45.9. The van der Waals surface area contributed by atoms with Gasteiger partial charge in [-0.25, -0.2) is 9.59 Å². The lowest BCUT2D eigenvalue weighted by atomic mass is 10.1. The molecule has 0 aromatic heterocycles. The van der Waals surface area contributed by atoms with E-state index in [-0.39, 0.29) is 42.9 Å². The van der Waals surface area contributed by atoms with E-state index in [9.17, 15) is 29.8 Å². The van der Waals surface area contributed by atoms with E-state index < -0.39 is 21.8 Å². The molecule has 33 heavy (non-hydrogen) atoms. The average Bonchev–Trinajstić information content (AvgIpc) is 2.76. The third-order valence-electron chi connectivity index (χ3n) is 4.40. The molecule has 3 rings (SSSR count). The SMILES string of the molecule is Cc1c(OC(=O)c2ccc(Br)c([N+](=O)[O-])c2)cccc1OC(=O)c1ccc(Br)c([N+](=O)[O-])c1. The Kier molecular flexibility index (Phi) is 7.19. The van der Waals surface area contributed by atoms with Crippen molar-refractivity contribution in [2.45, 2.75) is 6.92 Å². The lowest BCUT2D eigenvalue weighted by Gasteiger charge is -2.12. The van der Waals surface area contributed by atoms with Crippen molar-refractivity contribution < 1.29 is 28.9 Å². The fourth-order valence-electron chi connectivity index (χ4n) is 2.69. The summed E-state index contributed by atoms with van der Waals surface area (Å²) < 4.78 is 11.1. The largest absolute Gasteiger partial charge is 0.423 e. The number of halogens is 2. The Labute approximate surface area is 202 Å². The van der Waals surface area contributed by atoms with Crippen LogP contribution < -0.4 is 9.47 Å². The summed E-state index contributed by atoms with van der Waals surface area (Å²) in [5.41, 5.74) is -0.389. The number of carbonyl (C=O) groups is 2. The first-order valence-corrected chi connectivity index (χ1v) is 10.6. The molecule has 3 aromatic carbocycles. The third kappa shape index (κ3) is 5.41. The highest BCUT2D eigenvalue weighted by Gasteiger charge is 2.21. The van der Waals surface area contributed by atoms with Gasteiger partial charge in [-0.1, -0.05) is 6.07 Å². The number of nitro groups is 2. The third-order valence-corrected chi connectivity index (χ3v) is 5.74. The number of ether oxygens (including phenoxy) is 2. The molecule has 0 saturated carbocycles. The van der Waals surface area contributed by atoms with Gasteiger partial charge >= 0.3 is 11.9 Å². The Morgan fingerprint density at radius 1 is 0.758 bits per heavy atom. The predicted molar refractivity (Wildman–Crippen MR) is 123 cm³/mol. The van der Waals surface area contributed by atoms with Gasteiger partial charge in [0.2, 0.25) is 0 Å². The summed E-state index contributed by atoms with van der Waals surface area (Å²) in [6, 6.07) is 12.0. The van der Waals surface area contributed by atoms with Gasteiger partial charge in [0.1, 0.15) is 11.5 Å². The van der Waals surface area contributed by atoms with Crippen molar-refractivity contribution in [3.05, 3.63) is 100 Å². The zero-order chi connectivity index (χ0) is 24.3. The molecule has 0 aliphatic heterocycles. The molecule has 0 amide bonds. The number of benzene rings is 3. The number of hydrogen-bond acceptors (Lipinski definition) is 8. The van der Waals surface area contributed by atoms with Crippen LogP contribution in [0.15, 0.2) is 63.5 Å². The summed E-state index contributed by atoms with van der Waals surface area (Å²) >= 11 is 6.09. The summed E-state index contributed by atoms with van der Waals surface area (Å²) in [5.74, 6) is -1.56. The quantitative estimate of drug-likeness (QED) is 0.155. The van der Waals surface area contributed by atoms with E-state index in [0.717, 1.165) is 12.1 Å². The highest BCUT2D eigenvalue weighted by molar-refractivity contribution is 9.11. The summed E-state index contributed by atoms with van der Waals surface area (Å²) in [5, 5.41) is 22.2. The molecule has 0 radical (unpaired) electrons. The van der Waals surface area contributed by atoms with E-state index in [1.807, 2.05) is 0 Å². The zero-order valence-corrected chi connectivity index (χ0v) is 19.8. The number of nitro benzene ring substituents is 2. The van der Waals surface area contributed by atoms with Crippen LogP contribution in [0.2, 0.25) is 0 Å². The Morgan fingerprint density at radius 2 is 1.15 bits per heavy atom. The normalized spacial score (nSPS) is 10.4. The van der Waals surface area contributed by atoms with Crippen LogP contribution in [0, 0.1) is 27.2 Å². The molecule has 10 nitrogen and oxygen atoms in total. The van der Waals surface area contributed by atoms with Gasteiger partial charge < -0.3 is 9.47 Å². The Morgan fingerprint density at radius 3 is 1.52 bits per heavy atom. The van der Waals surface area contributed by atoms with E-state index in [1.165, 1.54) is 42.5 Å². The minimum absolute atomic E-state index is 0.0473. The van der Waals surface area contributed by atoms with Crippen LogP contribution in [0.5, 0.6) is 11.5 Å². The van der Waals surface area contributed by atoms with Crippen LogP contribution in [0.1, 0.15) is 26.3 Å². The van der Waals surface area contributed by atoms with Crippen molar-refractivity contribution in [2.24, 2.45) is 0 Å². The topological polar surface area (TPSA) is 139 Å². The van der Waals surface area contributed by atoms with Gasteiger partial charge in [-0.2, -0.15) is 0 Å². The molecule has 0 atom stereocenters. The second kappa shape index (κ2) is 9.88. The number of nitrogens with zero attached hydrogens (tertiary/aromatic N) is 2. The molecule has 0 unspecified atom stereocenters. The highest BCUT2D eigenvalue weighted by Crippen LogP contribution is 2.31. The fourth-order valence-corrected chi connectivity index (χ4v) is 3.47. The Bertz CT molecular complexity index is 1210. The van der Waals surface area contributed by atoms with E-state index in [4.69, 9.17) is 9.47 Å². The molecular weight excluding hydrogens is 568 g/mol. The summed E-state index contributed by atoms with van der Waals surface area (Å²) in [6.45, 7) is 1.54. The number of hydrogen-bond donors (Lipinski definition) is 0. The number of esters is 2. The van der Waals surface area contributed by atoms with Crippen LogP contribution in [0.3, 0.4) is 0 Å². The molecule has 168 valence electrons. The van der Waals surface area contributed by atoms with Crippen molar-refractivity contribution in [3.8, 4) is 11.5 Å². The first-order valence-electron chi connectivity index (χ1n) is 9.00. The Balaban J connectivity index is 1.83. The molecule has 0 aliphatic carbocycles. The van der Waals surface area contributed by atoms with Crippen LogP contribution in [0.4, 0.5) is 11.4 Å². The van der Waals surface area contributed by atoms with Crippen molar-refractivity contribution >= 4 is 55.2 Å². The van der Waals surface area contributed by atoms with Crippen molar-refractivity contribution in [3.63, 3.8) is 0 Å². The van der Waals surface area contributed by atoms with Crippen LogP contribution in [-0.4, -0.2) is 21.8 Å². The summed E-state index contributed by atoms with van der Waals surface area (Å²) in [7, 11) is 0. The molecule has 0 saturated heterocycles. The zero-order valence-electron chi connectivity index (χ0n) is 16.6. The van der Waals surface area contributed by atoms with Crippen molar-refractivity contribution in [1.82, 2.24) is 0 Å². The standard InChI is InChI=1S/C21H12Br2N2O8/c1-11-18(32-20(26)12-5-7-14(22)16(9-12)24(28)29)3-2-4-19(11)33-21(27)13-6-8-15(23)17(10-13)25(30)31/h2-10H,1H3. The monoisotopic (exact) mass is 578 g/mol. The van der Waals surface area contributed by atoms with Gasteiger partial charge in [0.25, 0.3) is 11.4 Å². The number of carbonyl (C=O) groups excluding carboxylic acids is 2. The highest BCUT2D eigenvalue weighted by atomic mass is 79.9. The maximum absolute atomic E-state index is 12.5. The molecule has 0 bridgehead atoms. The maximum atomic E-state index is 12.5. The van der Waals surface area contributed by atoms with Gasteiger partial charge in [0.15, 0.2) is 0 Å². The second-order valence-electron chi connectivity index (χ2n) is 6.50. The lowest BCUT2D eigenvalue weighted by Crippen LogP contribution is -2.12. The van der Waals surface area contributed by atoms with Crippen molar-refractivity contribution in [2.75, 3.05) is 0 Å². The van der Waals surface area contributed by atoms with Gasteiger partial charge in [-0.3, -0.25) is 20.2 Å². The second-order valence-corrected chi connectivity index (χ2v) is 8.21. The smallest absolute Gasteiger partial charge is 0.343 e. The van der Waals surface area contributed by atoms with Gasteiger partial charge in [0.05, 0.1) is 29.9 Å². The van der Waals surface area contributed by atoms with Crippen LogP contribution in [0.25, 0.3) is 0 Å². The average molecular weight is 580 g/mol. The Hall–Kier alpha value is -3.64. The van der Waals surface area contributed by atoms with Gasteiger partial charge in [0, 0.05) is 17.7 Å². The van der Waals surface area contributed by atoms with Gasteiger partial charge in [-0.15, -0.1) is 0 Å². The van der Waals surface area contributed by atoms with Gasteiger partial charge in [-0.05, 0) is 75.2 Å². The number of rotatable bonds is 6. The molecule has 0 N–H and O–H groups in total. The molecule has 0 heterocycles. The predicted octanol–water partition coefficient (Wildman–Crippen LogP) is 5.77. The molecule has 0 spiro atoms. The summed E-state index contributed by atoms with van der Waals surface area (Å²) in [6.07, 6.45) is 0. The minimum atomic E-state index is -0.847. The molecule has 3 aromatic rings. The van der Waals surface area contributed by atoms with E-state index in [2.05, 4.69) is 31.9 Å². The fraction of sp³-hybridized carbons (Fsp3) is 0.0476. The van der Waals surface area contributed by atoms with Crippen LogP contribution >= 0.6 is 31.9 Å². The molecular formula is C21H12Br2N2O8. The first-order chi connectivity index (χ1) is 15.6. The van der Waals surface area contributed by atoms with Crippen molar-refractivity contribution in [1.29, 1.82) is 0 Å². The van der Waals surface area contributed by atoms with E-state index in [1.54, 1.807) is 6.92 Å². The van der Waals surface area contributed by atoms with Crippen LogP contribution in [-0.2, 0) is 0 Å². The van der Waals surface area contributed by atoms with E-state index >= 15 is 0 Å². The molecule has 12 heteroatoms. The molecule has 0 fully saturated rings. The lowest BCUT2D eigenvalue weighted by molar-refractivity contribution is -0.385. The minimum Gasteiger partial charge on any atom is -0.423 e. The maximum Gasteiger partial charge on any atom is 0.343 e. The van der Waals surface area contributed by atoms with E-state index in [0.29, 0.717) is 5.56 Å². The molecule has 0 aliphatic rings.